The maximum Gasteiger partial charge on any atom is 0.0409 e. The van der Waals surface area contributed by atoms with Gasteiger partial charge >= 0.3 is 0 Å². The van der Waals surface area contributed by atoms with Crippen molar-refractivity contribution in [2.24, 2.45) is 5.92 Å². The lowest BCUT2D eigenvalue weighted by Gasteiger charge is -2.15. The average molecular weight is 240 g/mol. The Balaban J connectivity index is 2.32. The van der Waals surface area contributed by atoms with E-state index in [0.717, 1.165) is 17.5 Å². The Labute approximate surface area is 104 Å². The Morgan fingerprint density at radius 3 is 2.62 bits per heavy atom. The highest BCUT2D eigenvalue weighted by Gasteiger charge is 2.04. The first-order valence-corrected chi connectivity index (χ1v) is 6.46. The van der Waals surface area contributed by atoms with Gasteiger partial charge in [0.15, 0.2) is 0 Å². The van der Waals surface area contributed by atoms with Gasteiger partial charge in [-0.05, 0) is 49.9 Å². The Morgan fingerprint density at radius 1 is 1.25 bits per heavy atom. The normalized spacial score (nSPS) is 13.1. The summed E-state index contributed by atoms with van der Waals surface area (Å²) in [6.07, 6.45) is 2.53. The van der Waals surface area contributed by atoms with Crippen LogP contribution in [0.1, 0.15) is 45.2 Å². The molecule has 0 aromatic heterocycles. The Hall–Kier alpha value is -0.530. The van der Waals surface area contributed by atoms with Crippen molar-refractivity contribution in [1.29, 1.82) is 0 Å². The minimum absolute atomic E-state index is 0.380. The topological polar surface area (TPSA) is 12.0 Å². The number of halogens is 1. The van der Waals surface area contributed by atoms with Crippen molar-refractivity contribution in [3.05, 3.63) is 34.9 Å². The fourth-order valence-electron chi connectivity index (χ4n) is 1.72. The monoisotopic (exact) mass is 239 g/mol. The zero-order chi connectivity index (χ0) is 12.0. The van der Waals surface area contributed by atoms with Crippen LogP contribution < -0.4 is 5.32 Å². The highest BCUT2D eigenvalue weighted by Crippen LogP contribution is 2.17. The third kappa shape index (κ3) is 5.00. The second-order valence-electron chi connectivity index (χ2n) is 4.77. The van der Waals surface area contributed by atoms with Crippen LogP contribution in [0.3, 0.4) is 0 Å². The van der Waals surface area contributed by atoms with Crippen molar-refractivity contribution in [3.63, 3.8) is 0 Å². The zero-order valence-electron chi connectivity index (χ0n) is 10.5. The first kappa shape index (κ1) is 13.5. The van der Waals surface area contributed by atoms with Gasteiger partial charge < -0.3 is 5.32 Å². The van der Waals surface area contributed by atoms with Gasteiger partial charge in [0.25, 0.3) is 0 Å². The number of benzene rings is 1. The fraction of sp³-hybridized carbons (Fsp3) is 0.571. The van der Waals surface area contributed by atoms with Gasteiger partial charge in [0.1, 0.15) is 0 Å². The lowest BCUT2D eigenvalue weighted by molar-refractivity contribution is 0.497. The summed E-state index contributed by atoms with van der Waals surface area (Å²) in [6, 6.07) is 8.44. The lowest BCUT2D eigenvalue weighted by Crippen LogP contribution is -2.20. The number of rotatable bonds is 6. The number of hydrogen-bond donors (Lipinski definition) is 1. The number of nitrogens with one attached hydrogen (secondary N) is 1. The van der Waals surface area contributed by atoms with Crippen LogP contribution in [0, 0.1) is 5.92 Å². The van der Waals surface area contributed by atoms with Crippen molar-refractivity contribution < 1.29 is 0 Å². The molecular formula is C14H22ClN. The summed E-state index contributed by atoms with van der Waals surface area (Å²) in [5.74, 6) is 0.795. The molecule has 0 amide bonds. The van der Waals surface area contributed by atoms with Crippen LogP contribution in [0.2, 0.25) is 5.02 Å². The molecule has 1 aromatic rings. The molecule has 0 aliphatic rings. The number of hydrogen-bond acceptors (Lipinski definition) is 1. The molecule has 0 unspecified atom stereocenters. The predicted molar refractivity (Wildman–Crippen MR) is 71.9 cm³/mol. The summed E-state index contributed by atoms with van der Waals surface area (Å²) in [5.41, 5.74) is 1.26. The molecule has 0 fully saturated rings. The summed E-state index contributed by atoms with van der Waals surface area (Å²) < 4.78 is 0. The van der Waals surface area contributed by atoms with Crippen molar-refractivity contribution in [3.8, 4) is 0 Å². The first-order valence-electron chi connectivity index (χ1n) is 6.08. The van der Waals surface area contributed by atoms with Crippen molar-refractivity contribution >= 4 is 11.6 Å². The minimum atomic E-state index is 0.380. The third-order valence-electron chi connectivity index (χ3n) is 2.76. The van der Waals surface area contributed by atoms with Gasteiger partial charge in [0, 0.05) is 11.1 Å². The molecule has 0 heterocycles. The van der Waals surface area contributed by atoms with Crippen LogP contribution >= 0.6 is 11.6 Å². The molecule has 90 valence electrons. The highest BCUT2D eigenvalue weighted by atomic mass is 35.5. The van der Waals surface area contributed by atoms with E-state index in [2.05, 4.69) is 32.2 Å². The third-order valence-corrected chi connectivity index (χ3v) is 2.99. The van der Waals surface area contributed by atoms with E-state index in [1.807, 2.05) is 18.2 Å². The summed E-state index contributed by atoms with van der Waals surface area (Å²) >= 11 is 5.96. The molecule has 2 heteroatoms. The molecule has 1 aromatic carbocycles. The fourth-order valence-corrected chi connectivity index (χ4v) is 1.92. The summed E-state index contributed by atoms with van der Waals surface area (Å²) in [4.78, 5) is 0. The smallest absolute Gasteiger partial charge is 0.0409 e. The van der Waals surface area contributed by atoms with Crippen LogP contribution in [0.5, 0.6) is 0 Å². The van der Waals surface area contributed by atoms with E-state index in [-0.39, 0.29) is 0 Å². The maximum atomic E-state index is 5.96. The molecule has 1 rings (SSSR count). The molecule has 0 radical (unpaired) electrons. The van der Waals surface area contributed by atoms with Crippen LogP contribution in [0.4, 0.5) is 0 Å². The highest BCUT2D eigenvalue weighted by molar-refractivity contribution is 6.30. The van der Waals surface area contributed by atoms with E-state index in [0.29, 0.717) is 6.04 Å². The van der Waals surface area contributed by atoms with Crippen LogP contribution in [0.25, 0.3) is 0 Å². The second kappa shape index (κ2) is 6.93. The van der Waals surface area contributed by atoms with Crippen molar-refractivity contribution in [1.82, 2.24) is 5.32 Å². The quantitative estimate of drug-likeness (QED) is 0.725. The zero-order valence-corrected chi connectivity index (χ0v) is 11.2. The summed E-state index contributed by atoms with van der Waals surface area (Å²) in [6.45, 7) is 7.79. The largest absolute Gasteiger partial charge is 0.310 e. The van der Waals surface area contributed by atoms with E-state index < -0.39 is 0 Å². The van der Waals surface area contributed by atoms with Gasteiger partial charge in [-0.2, -0.15) is 0 Å². The Morgan fingerprint density at radius 2 is 2.00 bits per heavy atom. The Bertz CT molecular complexity index is 309. The molecular weight excluding hydrogens is 218 g/mol. The summed E-state index contributed by atoms with van der Waals surface area (Å²) in [7, 11) is 0. The van der Waals surface area contributed by atoms with Crippen LogP contribution in [0.15, 0.2) is 24.3 Å². The molecule has 0 saturated heterocycles. The van der Waals surface area contributed by atoms with Crippen LogP contribution in [-0.2, 0) is 0 Å². The van der Waals surface area contributed by atoms with Gasteiger partial charge in [-0.25, -0.2) is 0 Å². The van der Waals surface area contributed by atoms with E-state index in [4.69, 9.17) is 11.6 Å². The Kier molecular flexibility index (Phi) is 5.86. The molecule has 0 saturated carbocycles. The molecule has 0 aliphatic carbocycles. The van der Waals surface area contributed by atoms with E-state index >= 15 is 0 Å². The van der Waals surface area contributed by atoms with Crippen LogP contribution in [-0.4, -0.2) is 6.54 Å². The molecule has 0 aliphatic heterocycles. The summed E-state index contributed by atoms with van der Waals surface area (Å²) in [5, 5.41) is 4.34. The molecule has 1 nitrogen and oxygen atoms in total. The molecule has 0 bridgehead atoms. The van der Waals surface area contributed by atoms with Gasteiger partial charge in [0.05, 0.1) is 0 Å². The minimum Gasteiger partial charge on any atom is -0.310 e. The average Bonchev–Trinajstić information content (AvgIpc) is 2.24. The van der Waals surface area contributed by atoms with E-state index in [1.54, 1.807) is 0 Å². The van der Waals surface area contributed by atoms with Gasteiger partial charge in [-0.3, -0.25) is 0 Å². The molecule has 1 N–H and O–H groups in total. The van der Waals surface area contributed by atoms with E-state index in [1.165, 1.54) is 18.4 Å². The van der Waals surface area contributed by atoms with Gasteiger partial charge in [-0.1, -0.05) is 37.6 Å². The van der Waals surface area contributed by atoms with Crippen molar-refractivity contribution in [2.75, 3.05) is 6.54 Å². The van der Waals surface area contributed by atoms with Gasteiger partial charge in [-0.15, -0.1) is 0 Å². The lowest BCUT2D eigenvalue weighted by atomic mass is 10.1. The maximum absolute atomic E-state index is 5.96. The van der Waals surface area contributed by atoms with Crippen molar-refractivity contribution in [2.45, 2.75) is 39.7 Å². The SMILES string of the molecule is CC(C)CCCN[C@@H](C)c1cccc(Cl)c1. The standard InChI is InChI=1S/C14H22ClN/c1-11(2)6-5-9-16-12(3)13-7-4-8-14(15)10-13/h4,7-8,10-12,16H,5-6,9H2,1-3H3/t12-/m0/s1. The second-order valence-corrected chi connectivity index (χ2v) is 5.20. The molecule has 1 atom stereocenters. The van der Waals surface area contributed by atoms with E-state index in [9.17, 15) is 0 Å². The predicted octanol–water partition coefficient (Wildman–Crippen LogP) is 4.43. The first-order chi connectivity index (χ1) is 7.59. The molecule has 16 heavy (non-hydrogen) atoms. The van der Waals surface area contributed by atoms with Gasteiger partial charge in [0.2, 0.25) is 0 Å². The molecule has 0 spiro atoms.